The second-order valence-electron chi connectivity index (χ2n) is 14.7. The summed E-state index contributed by atoms with van der Waals surface area (Å²) in [4.78, 5) is 38.0. The van der Waals surface area contributed by atoms with Gasteiger partial charge in [0.25, 0.3) is 0 Å². The molecule has 1 aromatic carbocycles. The maximum absolute atomic E-state index is 15.3. The summed E-state index contributed by atoms with van der Waals surface area (Å²) in [6, 6.07) is 0.527. The van der Waals surface area contributed by atoms with Gasteiger partial charge in [0.15, 0.2) is 0 Å². The number of ether oxygens (including phenoxy) is 3. The van der Waals surface area contributed by atoms with Gasteiger partial charge in [0.1, 0.15) is 23.2 Å². The molecule has 5 fully saturated rings. The Morgan fingerprint density at radius 2 is 1.87 bits per heavy atom. The van der Waals surface area contributed by atoms with Gasteiger partial charge in [-0.2, -0.15) is 0 Å². The molecule has 1 aliphatic carbocycles. The molecule has 1 saturated carbocycles. The van der Waals surface area contributed by atoms with Gasteiger partial charge >= 0.3 is 12.1 Å². The van der Waals surface area contributed by atoms with Crippen molar-refractivity contribution < 1.29 is 37.7 Å². The molecule has 0 unspecified atom stereocenters. The van der Waals surface area contributed by atoms with E-state index in [1.54, 1.807) is 6.92 Å². The molecule has 2 aromatic rings. The lowest BCUT2D eigenvalue weighted by Crippen LogP contribution is -2.60. The van der Waals surface area contributed by atoms with Gasteiger partial charge in [0.2, 0.25) is 5.43 Å². The zero-order valence-corrected chi connectivity index (χ0v) is 27.4. The molecular weight excluding hydrogens is 616 g/mol. The Balaban J connectivity index is 0.000000193. The van der Waals surface area contributed by atoms with Gasteiger partial charge in [-0.3, -0.25) is 4.79 Å². The number of carboxylic acid groups (broad SMARTS) is 1. The number of nitrogens with two attached hydrogens (primary N) is 1. The zero-order chi connectivity index (χ0) is 33.9. The van der Waals surface area contributed by atoms with Crippen molar-refractivity contribution in [3.63, 3.8) is 0 Å². The minimum absolute atomic E-state index is 0.0461. The first kappa shape index (κ1) is 33.6. The van der Waals surface area contributed by atoms with E-state index >= 15 is 4.39 Å². The summed E-state index contributed by atoms with van der Waals surface area (Å²) in [5.74, 6) is -1.41. The molecule has 258 valence electrons. The van der Waals surface area contributed by atoms with Crippen LogP contribution in [0.15, 0.2) is 17.1 Å². The normalized spacial score (nSPS) is 31.4. The predicted octanol–water partition coefficient (Wildman–Crippen LogP) is 2.87. The number of rotatable bonds is 4. The molecule has 5 N–H and O–H groups in total. The number of amides is 1. The number of pyridine rings is 1. The van der Waals surface area contributed by atoms with Crippen LogP contribution in [-0.4, -0.2) is 97.2 Å². The van der Waals surface area contributed by atoms with Crippen LogP contribution < -0.4 is 26.7 Å². The summed E-state index contributed by atoms with van der Waals surface area (Å²) < 4.78 is 47.1. The lowest BCUT2D eigenvalue weighted by molar-refractivity contribution is -0.00891. The Hall–Kier alpha value is -3.33. The summed E-state index contributed by atoms with van der Waals surface area (Å²) in [6.07, 6.45) is 1.73. The van der Waals surface area contributed by atoms with Gasteiger partial charge < -0.3 is 45.2 Å². The molecule has 0 bridgehead atoms. The van der Waals surface area contributed by atoms with Crippen LogP contribution in [-0.2, 0) is 14.2 Å². The van der Waals surface area contributed by atoms with Gasteiger partial charge in [0.05, 0.1) is 41.5 Å². The number of nitrogens with zero attached hydrogens (tertiary/aromatic N) is 2. The molecule has 5 heterocycles. The topological polar surface area (TPSA) is 157 Å². The van der Waals surface area contributed by atoms with Crippen LogP contribution in [0.25, 0.3) is 10.9 Å². The predicted molar refractivity (Wildman–Crippen MR) is 170 cm³/mol. The van der Waals surface area contributed by atoms with Crippen LogP contribution >= 0.6 is 0 Å². The first-order valence-corrected chi connectivity index (χ1v) is 16.3. The number of aromatic nitrogens is 1. The van der Waals surface area contributed by atoms with E-state index in [-0.39, 0.29) is 29.4 Å². The van der Waals surface area contributed by atoms with E-state index in [1.165, 1.54) is 10.8 Å². The van der Waals surface area contributed by atoms with Gasteiger partial charge in [-0.15, -0.1) is 0 Å². The Kier molecular flexibility index (Phi) is 8.77. The lowest BCUT2D eigenvalue weighted by atomic mass is 9.84. The fourth-order valence-electron chi connectivity index (χ4n) is 7.63. The fraction of sp³-hybridized carbons (Fsp3) is 0.667. The van der Waals surface area contributed by atoms with Crippen molar-refractivity contribution in [3.8, 4) is 0 Å². The van der Waals surface area contributed by atoms with Gasteiger partial charge in [-0.25, -0.2) is 18.4 Å². The number of hydrogen-bond acceptors (Lipinski definition) is 9. The fourth-order valence-corrected chi connectivity index (χ4v) is 7.63. The Bertz CT molecular complexity index is 1630. The molecule has 47 heavy (non-hydrogen) atoms. The molecule has 5 aliphatic rings. The van der Waals surface area contributed by atoms with E-state index in [0.717, 1.165) is 38.6 Å². The molecule has 12 nitrogen and oxygen atoms in total. The monoisotopic (exact) mass is 661 g/mol. The van der Waals surface area contributed by atoms with Crippen molar-refractivity contribution in [1.29, 1.82) is 0 Å². The van der Waals surface area contributed by atoms with Crippen molar-refractivity contribution in [2.24, 2.45) is 17.6 Å². The molecular formula is C33H45F2N5O7. The van der Waals surface area contributed by atoms with Gasteiger partial charge in [-0.1, -0.05) is 0 Å². The number of aromatic carboxylic acids is 1. The highest BCUT2D eigenvalue weighted by Gasteiger charge is 2.48. The Morgan fingerprint density at radius 3 is 2.51 bits per heavy atom. The maximum atomic E-state index is 15.3. The highest BCUT2D eigenvalue weighted by atomic mass is 19.1. The summed E-state index contributed by atoms with van der Waals surface area (Å²) in [5, 5.41) is 15.7. The third-order valence-electron chi connectivity index (χ3n) is 10.1. The number of benzene rings is 1. The van der Waals surface area contributed by atoms with Crippen LogP contribution in [0.4, 0.5) is 19.3 Å². The van der Waals surface area contributed by atoms with E-state index in [0.29, 0.717) is 55.6 Å². The number of carbonyl (C=O) groups excluding carboxylic acids is 1. The Morgan fingerprint density at radius 1 is 1.19 bits per heavy atom. The number of carbonyl (C=O) groups is 2. The molecule has 4 saturated heterocycles. The van der Waals surface area contributed by atoms with Crippen molar-refractivity contribution in [2.75, 3.05) is 57.5 Å². The van der Waals surface area contributed by atoms with E-state index in [1.807, 2.05) is 25.7 Å². The number of halogens is 2. The van der Waals surface area contributed by atoms with Crippen molar-refractivity contribution in [3.05, 3.63) is 39.4 Å². The third kappa shape index (κ3) is 6.44. The lowest BCUT2D eigenvalue weighted by Gasteiger charge is -2.39. The second-order valence-corrected chi connectivity index (χ2v) is 14.7. The van der Waals surface area contributed by atoms with Crippen molar-refractivity contribution in [1.82, 2.24) is 15.2 Å². The number of aryl methyl sites for hydroxylation is 1. The highest BCUT2D eigenvalue weighted by Crippen LogP contribution is 2.44. The number of fused-ring (bicyclic) bond motifs is 3. The quantitative estimate of drug-likeness (QED) is 0.384. The number of nitrogens with one attached hydrogen (secondary N) is 2. The van der Waals surface area contributed by atoms with Crippen LogP contribution in [0.3, 0.4) is 0 Å². The standard InChI is InChI=1S/C21H23F2N3O4.C12H22N2O3/c1-10-17-12(19(27)13(20(28)29)7-26(17)16-5-14(16)22)4-15(23)18(10)25-6-11-2-3-30-9-21(11,24)8-25;1-11(2,3)17-10(15)14-12-7-13-6-9(12)4-5-16-8-12/h4,7,11,14,16H,2-3,5-6,8-9,24H2,1H3,(H,28,29);9,13H,4-8H2,1-3H3,(H,14,15)/t11-,14-,16+,21-;9-,12-/m00/s1. The third-order valence-corrected chi connectivity index (χ3v) is 10.1. The molecule has 6 atom stereocenters. The van der Waals surface area contributed by atoms with Crippen molar-refractivity contribution in [2.45, 2.75) is 75.8 Å². The summed E-state index contributed by atoms with van der Waals surface area (Å²) in [6.45, 7) is 12.3. The minimum atomic E-state index is -1.41. The van der Waals surface area contributed by atoms with E-state index in [2.05, 4.69) is 10.6 Å². The first-order valence-electron chi connectivity index (χ1n) is 16.3. The molecule has 4 aliphatic heterocycles. The molecule has 14 heteroatoms. The van der Waals surface area contributed by atoms with Crippen LogP contribution in [0.1, 0.15) is 62.0 Å². The minimum Gasteiger partial charge on any atom is -0.477 e. The summed E-state index contributed by atoms with van der Waals surface area (Å²) >= 11 is 0. The number of carboxylic acids is 1. The number of alkyl halides is 1. The molecule has 1 amide bonds. The van der Waals surface area contributed by atoms with Crippen molar-refractivity contribution >= 4 is 28.7 Å². The smallest absolute Gasteiger partial charge is 0.408 e. The summed E-state index contributed by atoms with van der Waals surface area (Å²) in [5.41, 5.74) is 5.16. The molecule has 0 spiro atoms. The maximum Gasteiger partial charge on any atom is 0.408 e. The first-order chi connectivity index (χ1) is 22.1. The SMILES string of the molecule is CC(C)(C)OC(=O)N[C@]12CNC[C@@H]1CCOC2.Cc1c(N2C[C@@H]3CCOC[C@@]3(N)C2)c(F)cc2c(=O)c(C(=O)O)cn([C@@H]3C[C@@H]3F)c12. The number of alkyl carbamates (subject to hydrolysis) is 1. The largest absolute Gasteiger partial charge is 0.477 e. The van der Waals surface area contributed by atoms with Crippen LogP contribution in [0, 0.1) is 24.6 Å². The highest BCUT2D eigenvalue weighted by molar-refractivity contribution is 5.95. The van der Waals surface area contributed by atoms with E-state index < -0.39 is 46.1 Å². The molecule has 1 aromatic heterocycles. The van der Waals surface area contributed by atoms with Gasteiger partial charge in [0, 0.05) is 69.2 Å². The summed E-state index contributed by atoms with van der Waals surface area (Å²) in [7, 11) is 0. The molecule has 0 radical (unpaired) electrons. The average molecular weight is 662 g/mol. The van der Waals surface area contributed by atoms with Crippen LogP contribution in [0.2, 0.25) is 0 Å². The second kappa shape index (κ2) is 12.3. The van der Waals surface area contributed by atoms with Gasteiger partial charge in [-0.05, 0) is 52.2 Å². The van der Waals surface area contributed by atoms with Crippen LogP contribution in [0.5, 0.6) is 0 Å². The van der Waals surface area contributed by atoms with E-state index in [4.69, 9.17) is 19.9 Å². The van der Waals surface area contributed by atoms with E-state index in [9.17, 15) is 23.9 Å². The zero-order valence-electron chi connectivity index (χ0n) is 27.4. The molecule has 7 rings (SSSR count). The Labute approximate surface area is 271 Å². The average Bonchev–Trinajstić information content (AvgIpc) is 3.38. The number of hydrogen-bond donors (Lipinski definition) is 4. The number of anilines is 1.